The van der Waals surface area contributed by atoms with Crippen molar-refractivity contribution in [1.29, 1.82) is 0 Å². The smallest absolute Gasteiger partial charge is 0.319 e. The second-order valence-corrected chi connectivity index (χ2v) is 8.54. The molecule has 0 aliphatic carbocycles. The number of halogens is 2. The summed E-state index contributed by atoms with van der Waals surface area (Å²) in [7, 11) is 0. The fourth-order valence-corrected chi connectivity index (χ4v) is 3.38. The van der Waals surface area contributed by atoms with Crippen LogP contribution in [0.15, 0.2) is 21.5 Å². The van der Waals surface area contributed by atoms with E-state index in [0.29, 0.717) is 22.4 Å². The van der Waals surface area contributed by atoms with E-state index < -0.39 is 11.1 Å². The highest BCUT2D eigenvalue weighted by molar-refractivity contribution is 9.10. The van der Waals surface area contributed by atoms with Gasteiger partial charge in [-0.2, -0.15) is 0 Å². The van der Waals surface area contributed by atoms with Gasteiger partial charge in [0.05, 0.1) is 12.3 Å². The second kappa shape index (κ2) is 10.2. The molecular formula is C18H25BrFNO3S. The van der Waals surface area contributed by atoms with Gasteiger partial charge in [-0.25, -0.2) is 4.39 Å². The Labute approximate surface area is 161 Å². The summed E-state index contributed by atoms with van der Waals surface area (Å²) in [6.45, 7) is 9.69. The zero-order valence-electron chi connectivity index (χ0n) is 15.2. The third kappa shape index (κ3) is 6.98. The summed E-state index contributed by atoms with van der Waals surface area (Å²) in [5.41, 5.74) is 0.106. The molecule has 0 radical (unpaired) electrons. The molecule has 0 bridgehead atoms. The molecule has 4 nitrogen and oxygen atoms in total. The van der Waals surface area contributed by atoms with E-state index in [0.717, 1.165) is 0 Å². The van der Waals surface area contributed by atoms with Crippen LogP contribution in [0.1, 0.15) is 41.0 Å². The maximum Gasteiger partial charge on any atom is 0.319 e. The first kappa shape index (κ1) is 22.0. The standard InChI is InChI=1S/C18H25BrFNO3S/c1-6-15(18(23)24-9-10(2)3)25-16-8-14(13(20)7-12(16)19)21-17(22)11(4)5/h7-8,10-11,15H,6,9H2,1-5H3,(H,21,22). The Kier molecular flexibility index (Phi) is 8.93. The lowest BCUT2D eigenvalue weighted by atomic mass is 10.2. The number of nitrogens with one attached hydrogen (secondary N) is 1. The number of anilines is 1. The number of thioether (sulfide) groups is 1. The molecule has 0 fully saturated rings. The lowest BCUT2D eigenvalue weighted by molar-refractivity contribution is -0.144. The zero-order valence-corrected chi connectivity index (χ0v) is 17.6. The highest BCUT2D eigenvalue weighted by Crippen LogP contribution is 2.36. The van der Waals surface area contributed by atoms with Crippen molar-refractivity contribution >= 4 is 45.3 Å². The Balaban J connectivity index is 2.95. The van der Waals surface area contributed by atoms with Crippen molar-refractivity contribution in [2.45, 2.75) is 51.2 Å². The third-order valence-electron chi connectivity index (χ3n) is 3.27. The number of ether oxygens (including phenoxy) is 1. The summed E-state index contributed by atoms with van der Waals surface area (Å²) in [5, 5.41) is 2.18. The van der Waals surface area contributed by atoms with E-state index in [1.54, 1.807) is 19.9 Å². The monoisotopic (exact) mass is 433 g/mol. The molecule has 0 aliphatic heterocycles. The Morgan fingerprint density at radius 3 is 2.44 bits per heavy atom. The molecule has 0 saturated carbocycles. The van der Waals surface area contributed by atoms with Crippen molar-refractivity contribution in [3.05, 3.63) is 22.4 Å². The van der Waals surface area contributed by atoms with Gasteiger partial charge >= 0.3 is 5.97 Å². The predicted octanol–water partition coefficient (Wildman–Crippen LogP) is 5.25. The molecule has 1 amide bonds. The number of hydrogen-bond donors (Lipinski definition) is 1. The summed E-state index contributed by atoms with van der Waals surface area (Å²) < 4.78 is 19.9. The molecule has 140 valence electrons. The van der Waals surface area contributed by atoms with E-state index in [9.17, 15) is 14.0 Å². The van der Waals surface area contributed by atoms with Gasteiger partial charge < -0.3 is 10.1 Å². The molecule has 0 spiro atoms. The van der Waals surface area contributed by atoms with E-state index in [1.807, 2.05) is 20.8 Å². The number of esters is 1. The number of rotatable bonds is 8. The highest BCUT2D eigenvalue weighted by Gasteiger charge is 2.22. The molecule has 0 aromatic heterocycles. The summed E-state index contributed by atoms with van der Waals surface area (Å²) in [6, 6.07) is 2.84. The maximum atomic E-state index is 14.1. The van der Waals surface area contributed by atoms with Crippen molar-refractivity contribution in [1.82, 2.24) is 0 Å². The predicted molar refractivity (Wildman–Crippen MR) is 103 cm³/mol. The van der Waals surface area contributed by atoms with Crippen molar-refractivity contribution in [2.24, 2.45) is 11.8 Å². The zero-order chi connectivity index (χ0) is 19.1. The molecule has 1 aromatic carbocycles. The highest BCUT2D eigenvalue weighted by atomic mass is 79.9. The molecule has 0 saturated heterocycles. The first-order chi connectivity index (χ1) is 11.6. The molecular weight excluding hydrogens is 409 g/mol. The Morgan fingerprint density at radius 1 is 1.28 bits per heavy atom. The number of amides is 1. The minimum atomic E-state index is -0.527. The third-order valence-corrected chi connectivity index (χ3v) is 5.59. The number of carbonyl (C=O) groups is 2. The molecule has 25 heavy (non-hydrogen) atoms. The van der Waals surface area contributed by atoms with Gasteiger partial charge in [0.25, 0.3) is 0 Å². The van der Waals surface area contributed by atoms with Crippen molar-refractivity contribution in [3.8, 4) is 0 Å². The Bertz CT molecular complexity index is 623. The van der Waals surface area contributed by atoms with Gasteiger partial charge in [0.15, 0.2) is 0 Å². The lowest BCUT2D eigenvalue weighted by Gasteiger charge is -2.17. The van der Waals surface area contributed by atoms with Crippen molar-refractivity contribution in [3.63, 3.8) is 0 Å². The topological polar surface area (TPSA) is 55.4 Å². The van der Waals surface area contributed by atoms with Crippen LogP contribution in [-0.4, -0.2) is 23.7 Å². The van der Waals surface area contributed by atoms with Crippen LogP contribution in [0.4, 0.5) is 10.1 Å². The molecule has 1 atom stereocenters. The Morgan fingerprint density at radius 2 is 1.92 bits per heavy atom. The van der Waals surface area contributed by atoms with Gasteiger partial charge in [-0.1, -0.05) is 34.6 Å². The minimum absolute atomic E-state index is 0.106. The minimum Gasteiger partial charge on any atom is -0.465 e. The number of benzene rings is 1. The fraction of sp³-hybridized carbons (Fsp3) is 0.556. The van der Waals surface area contributed by atoms with Crippen LogP contribution in [0.25, 0.3) is 0 Å². The molecule has 7 heteroatoms. The molecule has 1 aromatic rings. The summed E-state index contributed by atoms with van der Waals surface area (Å²) in [5.74, 6) is -1.07. The number of carbonyl (C=O) groups excluding carboxylic acids is 2. The van der Waals surface area contributed by atoms with Gasteiger partial charge in [-0.05, 0) is 40.4 Å². The molecule has 1 N–H and O–H groups in total. The second-order valence-electron chi connectivity index (χ2n) is 6.45. The van der Waals surface area contributed by atoms with Crippen LogP contribution < -0.4 is 5.32 Å². The first-order valence-corrected chi connectivity index (χ1v) is 9.96. The van der Waals surface area contributed by atoms with Crippen LogP contribution in [-0.2, 0) is 14.3 Å². The van der Waals surface area contributed by atoms with Crippen LogP contribution in [0.2, 0.25) is 0 Å². The largest absolute Gasteiger partial charge is 0.465 e. The SMILES string of the molecule is CCC(Sc1cc(NC(=O)C(C)C)c(F)cc1Br)C(=O)OCC(C)C. The van der Waals surface area contributed by atoms with Crippen LogP contribution in [0.3, 0.4) is 0 Å². The molecule has 1 unspecified atom stereocenters. The fourth-order valence-electron chi connectivity index (χ4n) is 1.79. The van der Waals surface area contributed by atoms with E-state index >= 15 is 0 Å². The van der Waals surface area contributed by atoms with Crippen LogP contribution in [0.5, 0.6) is 0 Å². The first-order valence-electron chi connectivity index (χ1n) is 8.28. The van der Waals surface area contributed by atoms with Gasteiger partial charge in [0.1, 0.15) is 11.1 Å². The van der Waals surface area contributed by atoms with E-state index in [-0.39, 0.29) is 29.4 Å². The molecule has 0 heterocycles. The number of hydrogen-bond acceptors (Lipinski definition) is 4. The van der Waals surface area contributed by atoms with E-state index in [4.69, 9.17) is 4.74 Å². The van der Waals surface area contributed by atoms with Crippen molar-refractivity contribution < 1.29 is 18.7 Å². The maximum absolute atomic E-state index is 14.1. The van der Waals surface area contributed by atoms with Crippen LogP contribution >= 0.6 is 27.7 Å². The molecule has 0 aliphatic rings. The summed E-state index contributed by atoms with van der Waals surface area (Å²) in [4.78, 5) is 24.7. The average Bonchev–Trinajstić information content (AvgIpc) is 2.53. The quantitative estimate of drug-likeness (QED) is 0.449. The lowest BCUT2D eigenvalue weighted by Crippen LogP contribution is -2.21. The van der Waals surface area contributed by atoms with E-state index in [1.165, 1.54) is 17.8 Å². The Hall–Kier alpha value is -1.08. The van der Waals surface area contributed by atoms with Gasteiger partial charge in [-0.15, -0.1) is 11.8 Å². The summed E-state index contributed by atoms with van der Waals surface area (Å²) in [6.07, 6.45) is 0.582. The van der Waals surface area contributed by atoms with Gasteiger partial charge in [-0.3, -0.25) is 9.59 Å². The molecule has 1 rings (SSSR count). The van der Waals surface area contributed by atoms with Crippen molar-refractivity contribution in [2.75, 3.05) is 11.9 Å². The van der Waals surface area contributed by atoms with E-state index in [2.05, 4.69) is 21.2 Å². The van der Waals surface area contributed by atoms with Crippen LogP contribution in [0, 0.1) is 17.7 Å². The summed E-state index contributed by atoms with van der Waals surface area (Å²) >= 11 is 4.61. The average molecular weight is 434 g/mol. The normalized spacial score (nSPS) is 12.4. The van der Waals surface area contributed by atoms with Gasteiger partial charge in [0, 0.05) is 15.3 Å². The van der Waals surface area contributed by atoms with Gasteiger partial charge in [0.2, 0.25) is 5.91 Å².